The van der Waals surface area contributed by atoms with E-state index in [9.17, 15) is 4.79 Å². The number of aromatic nitrogens is 1. The van der Waals surface area contributed by atoms with Crippen LogP contribution in [0.1, 0.15) is 32.4 Å². The van der Waals surface area contributed by atoms with Gasteiger partial charge in [-0.3, -0.25) is 9.69 Å². The Bertz CT molecular complexity index is 443. The van der Waals surface area contributed by atoms with Gasteiger partial charge in [-0.25, -0.2) is 4.98 Å². The Labute approximate surface area is 123 Å². The topological polar surface area (TPSA) is 45.2 Å². The van der Waals surface area contributed by atoms with Crippen LogP contribution in [0.25, 0.3) is 0 Å². The maximum absolute atomic E-state index is 11.5. The number of hydrogen-bond acceptors (Lipinski definition) is 5. The molecule has 6 heteroatoms. The molecule has 0 radical (unpaired) electrons. The summed E-state index contributed by atoms with van der Waals surface area (Å²) in [5.41, 5.74) is 1.02. The Hall–Kier alpha value is -0.590. The van der Waals surface area contributed by atoms with Crippen molar-refractivity contribution in [2.45, 2.75) is 38.0 Å². The Kier molecular flexibility index (Phi) is 4.86. The van der Waals surface area contributed by atoms with Gasteiger partial charge in [0.2, 0.25) is 5.91 Å². The summed E-state index contributed by atoms with van der Waals surface area (Å²) in [4.78, 5) is 17.7. The number of rotatable bonds is 7. The fourth-order valence-electron chi connectivity index (χ4n) is 2.00. The zero-order valence-corrected chi connectivity index (χ0v) is 13.4. The van der Waals surface area contributed by atoms with Crippen LogP contribution in [-0.4, -0.2) is 35.0 Å². The van der Waals surface area contributed by atoms with Crippen LogP contribution < -0.4 is 10.2 Å². The highest BCUT2D eigenvalue weighted by molar-refractivity contribution is 8.00. The first-order valence-corrected chi connectivity index (χ1v) is 8.69. The normalized spacial score (nSPS) is 16.4. The first-order valence-electron chi connectivity index (χ1n) is 6.58. The van der Waals surface area contributed by atoms with Crippen molar-refractivity contribution in [2.75, 3.05) is 24.2 Å². The third-order valence-corrected chi connectivity index (χ3v) is 5.79. The van der Waals surface area contributed by atoms with Crippen LogP contribution in [0.3, 0.4) is 0 Å². The molecule has 0 bridgehead atoms. The summed E-state index contributed by atoms with van der Waals surface area (Å²) in [6, 6.07) is 0. The van der Waals surface area contributed by atoms with E-state index in [1.807, 2.05) is 24.1 Å². The molecule has 0 aliphatic heterocycles. The highest BCUT2D eigenvalue weighted by Crippen LogP contribution is 2.46. The zero-order chi connectivity index (χ0) is 13.9. The van der Waals surface area contributed by atoms with Crippen LogP contribution in [0.5, 0.6) is 0 Å². The maximum atomic E-state index is 11.5. The summed E-state index contributed by atoms with van der Waals surface area (Å²) in [5.74, 6) is 0.0516. The second-order valence-electron chi connectivity index (χ2n) is 4.88. The van der Waals surface area contributed by atoms with Crippen LogP contribution in [0.15, 0.2) is 5.38 Å². The largest absolute Gasteiger partial charge is 0.310 e. The van der Waals surface area contributed by atoms with E-state index in [0.29, 0.717) is 11.3 Å². The highest BCUT2D eigenvalue weighted by atomic mass is 32.2. The summed E-state index contributed by atoms with van der Waals surface area (Å²) in [7, 11) is 0. The predicted octanol–water partition coefficient (Wildman–Crippen LogP) is 2.50. The molecule has 1 saturated carbocycles. The van der Waals surface area contributed by atoms with Gasteiger partial charge >= 0.3 is 0 Å². The molecule has 0 saturated heterocycles. The van der Waals surface area contributed by atoms with E-state index in [1.165, 1.54) is 24.2 Å². The second-order valence-corrected chi connectivity index (χ2v) is 6.99. The van der Waals surface area contributed by atoms with E-state index in [1.54, 1.807) is 11.8 Å². The Balaban J connectivity index is 1.85. The molecule has 106 valence electrons. The van der Waals surface area contributed by atoms with Crippen LogP contribution in [-0.2, 0) is 11.3 Å². The summed E-state index contributed by atoms with van der Waals surface area (Å²) < 4.78 is 0.480. The quantitative estimate of drug-likeness (QED) is 0.840. The monoisotopic (exact) mass is 299 g/mol. The molecular formula is C13H21N3OS2. The van der Waals surface area contributed by atoms with Crippen LogP contribution in [0.2, 0.25) is 0 Å². The van der Waals surface area contributed by atoms with E-state index in [0.717, 1.165) is 23.9 Å². The Morgan fingerprint density at radius 2 is 2.37 bits per heavy atom. The number of nitrogens with one attached hydrogen (secondary N) is 1. The lowest BCUT2D eigenvalue weighted by Crippen LogP contribution is -2.28. The SMILES string of the molecule is CCN(C(C)=O)c1nc(CNCC2(SC)CC2)cs1. The Morgan fingerprint density at radius 3 is 2.89 bits per heavy atom. The van der Waals surface area contributed by atoms with Crippen molar-refractivity contribution >= 4 is 34.1 Å². The molecule has 4 nitrogen and oxygen atoms in total. The van der Waals surface area contributed by atoms with Crippen LogP contribution in [0, 0.1) is 0 Å². The van der Waals surface area contributed by atoms with Gasteiger partial charge in [-0.1, -0.05) is 0 Å². The van der Waals surface area contributed by atoms with Gasteiger partial charge in [-0.15, -0.1) is 11.3 Å². The predicted molar refractivity (Wildman–Crippen MR) is 83.0 cm³/mol. The van der Waals surface area contributed by atoms with Gasteiger partial charge < -0.3 is 5.32 Å². The molecule has 1 aliphatic carbocycles. The standard InChI is InChI=1S/C13H21N3OS2/c1-4-16(10(2)17)12-15-11(8-19-12)7-14-9-13(18-3)5-6-13/h8,14H,4-7,9H2,1-3H3. The number of anilines is 1. The molecule has 1 fully saturated rings. The highest BCUT2D eigenvalue weighted by Gasteiger charge is 2.41. The molecule has 1 aromatic rings. The van der Waals surface area contributed by atoms with Gasteiger partial charge in [0.1, 0.15) is 0 Å². The van der Waals surface area contributed by atoms with Crippen molar-refractivity contribution in [1.82, 2.24) is 10.3 Å². The molecule has 1 heterocycles. The molecule has 0 unspecified atom stereocenters. The van der Waals surface area contributed by atoms with E-state index >= 15 is 0 Å². The lowest BCUT2D eigenvalue weighted by atomic mass is 10.4. The second kappa shape index (κ2) is 6.24. The van der Waals surface area contributed by atoms with Crippen molar-refractivity contribution in [1.29, 1.82) is 0 Å². The van der Waals surface area contributed by atoms with Gasteiger partial charge in [0, 0.05) is 36.7 Å². The van der Waals surface area contributed by atoms with E-state index in [4.69, 9.17) is 0 Å². The molecule has 0 aromatic carbocycles. The number of thiazole rings is 1. The van der Waals surface area contributed by atoms with Crippen molar-refractivity contribution in [2.24, 2.45) is 0 Å². The number of carbonyl (C=O) groups is 1. The van der Waals surface area contributed by atoms with Gasteiger partial charge in [0.15, 0.2) is 5.13 Å². The van der Waals surface area contributed by atoms with Gasteiger partial charge in [0.05, 0.1) is 5.69 Å². The number of carbonyl (C=O) groups excluding carboxylic acids is 1. The maximum Gasteiger partial charge on any atom is 0.225 e. The molecule has 1 aliphatic rings. The summed E-state index contributed by atoms with van der Waals surface area (Å²) in [6.07, 6.45) is 4.82. The summed E-state index contributed by atoms with van der Waals surface area (Å²) >= 11 is 3.50. The first-order chi connectivity index (χ1) is 9.10. The number of hydrogen-bond donors (Lipinski definition) is 1. The van der Waals surface area contributed by atoms with Gasteiger partial charge in [0.25, 0.3) is 0 Å². The number of thioether (sulfide) groups is 1. The third kappa shape index (κ3) is 3.70. The minimum absolute atomic E-state index is 0.0516. The molecule has 1 aromatic heterocycles. The van der Waals surface area contributed by atoms with Crippen LogP contribution in [0.4, 0.5) is 5.13 Å². The average molecular weight is 299 g/mol. The summed E-state index contributed by atoms with van der Waals surface area (Å²) in [6.45, 7) is 6.05. The smallest absolute Gasteiger partial charge is 0.225 e. The molecular weight excluding hydrogens is 278 g/mol. The molecule has 19 heavy (non-hydrogen) atoms. The first kappa shape index (κ1) is 14.8. The lowest BCUT2D eigenvalue weighted by Gasteiger charge is -2.14. The van der Waals surface area contributed by atoms with E-state index in [2.05, 4.69) is 16.6 Å². The molecule has 0 spiro atoms. The van der Waals surface area contributed by atoms with Crippen molar-refractivity contribution in [3.05, 3.63) is 11.1 Å². The van der Waals surface area contributed by atoms with Crippen molar-refractivity contribution < 1.29 is 4.79 Å². The van der Waals surface area contributed by atoms with Gasteiger partial charge in [-0.05, 0) is 26.0 Å². The fourth-order valence-corrected chi connectivity index (χ4v) is 3.69. The summed E-state index contributed by atoms with van der Waals surface area (Å²) in [5, 5.41) is 6.31. The van der Waals surface area contributed by atoms with E-state index in [-0.39, 0.29) is 5.91 Å². The number of nitrogens with zero attached hydrogens (tertiary/aromatic N) is 2. The molecule has 2 rings (SSSR count). The van der Waals surface area contributed by atoms with Crippen LogP contribution >= 0.6 is 23.1 Å². The average Bonchev–Trinajstić information content (AvgIpc) is 3.02. The molecule has 1 N–H and O–H groups in total. The minimum atomic E-state index is 0.0516. The Morgan fingerprint density at radius 1 is 1.63 bits per heavy atom. The lowest BCUT2D eigenvalue weighted by molar-refractivity contribution is -0.116. The zero-order valence-electron chi connectivity index (χ0n) is 11.7. The molecule has 1 amide bonds. The van der Waals surface area contributed by atoms with Crippen molar-refractivity contribution in [3.63, 3.8) is 0 Å². The third-order valence-electron chi connectivity index (χ3n) is 3.46. The molecule has 0 atom stereocenters. The van der Waals surface area contributed by atoms with Crippen molar-refractivity contribution in [3.8, 4) is 0 Å². The van der Waals surface area contributed by atoms with Gasteiger partial charge in [-0.2, -0.15) is 11.8 Å². The number of amides is 1. The fraction of sp³-hybridized carbons (Fsp3) is 0.692. The van der Waals surface area contributed by atoms with E-state index < -0.39 is 0 Å². The minimum Gasteiger partial charge on any atom is -0.310 e.